The second-order valence-corrected chi connectivity index (χ2v) is 9.21. The van der Waals surface area contributed by atoms with E-state index in [0.29, 0.717) is 23.0 Å². The minimum absolute atomic E-state index is 0.201. The van der Waals surface area contributed by atoms with Gasteiger partial charge in [0.25, 0.3) is 10.0 Å². The number of hydrogen-bond donors (Lipinski definition) is 0. The van der Waals surface area contributed by atoms with Gasteiger partial charge in [0.1, 0.15) is 16.6 Å². The van der Waals surface area contributed by atoms with Crippen LogP contribution in [0.2, 0.25) is 0 Å². The lowest BCUT2D eigenvalue weighted by Crippen LogP contribution is -2.52. The van der Waals surface area contributed by atoms with Crippen molar-refractivity contribution in [2.24, 2.45) is 4.40 Å². The quantitative estimate of drug-likeness (QED) is 0.777. The van der Waals surface area contributed by atoms with Crippen LogP contribution in [-0.4, -0.2) is 56.3 Å². The summed E-state index contributed by atoms with van der Waals surface area (Å²) < 4.78 is 42.6. The smallest absolute Gasteiger partial charge is 0.285 e. The number of hydrogen-bond acceptors (Lipinski definition) is 4. The molecule has 27 heavy (non-hydrogen) atoms. The first kappa shape index (κ1) is 18.6. The number of amidine groups is 1. The number of rotatable bonds is 2. The Kier molecular flexibility index (Phi) is 5.07. The molecule has 0 radical (unpaired) electrons. The van der Waals surface area contributed by atoms with Gasteiger partial charge < -0.3 is 4.90 Å². The molecule has 4 rings (SSSR count). The zero-order valence-electron chi connectivity index (χ0n) is 15.7. The van der Waals surface area contributed by atoms with Crippen LogP contribution in [0, 0.1) is 5.82 Å². The molecule has 1 aliphatic carbocycles. The molecule has 146 valence electrons. The predicted octanol–water partition coefficient (Wildman–Crippen LogP) is 3.25. The SMILES string of the molecule is CC1=C(c2ccc(F)cc2)S(=O)(=O)N=C1N1CCN(C2CCCCC2)CC1. The van der Waals surface area contributed by atoms with Gasteiger partial charge in [0, 0.05) is 37.8 Å². The summed E-state index contributed by atoms with van der Waals surface area (Å²) in [6.07, 6.45) is 6.55. The summed E-state index contributed by atoms with van der Waals surface area (Å²) in [5.74, 6) is 0.171. The average molecular weight is 392 g/mol. The van der Waals surface area contributed by atoms with E-state index in [9.17, 15) is 12.8 Å². The van der Waals surface area contributed by atoms with Crippen molar-refractivity contribution in [3.8, 4) is 0 Å². The Hall–Kier alpha value is -1.73. The highest BCUT2D eigenvalue weighted by molar-refractivity contribution is 8.00. The largest absolute Gasteiger partial charge is 0.353 e. The third-order valence-corrected chi connectivity index (χ3v) is 7.42. The molecule has 0 amide bonds. The lowest BCUT2D eigenvalue weighted by atomic mass is 9.94. The van der Waals surface area contributed by atoms with Gasteiger partial charge in [0.05, 0.1) is 0 Å². The predicted molar refractivity (Wildman–Crippen MR) is 105 cm³/mol. The van der Waals surface area contributed by atoms with Gasteiger partial charge in [0.15, 0.2) is 0 Å². The number of piperazine rings is 1. The highest BCUT2D eigenvalue weighted by Crippen LogP contribution is 2.34. The number of halogens is 1. The topological polar surface area (TPSA) is 53.0 Å². The van der Waals surface area contributed by atoms with Gasteiger partial charge in [-0.3, -0.25) is 4.90 Å². The fraction of sp³-hybridized carbons (Fsp3) is 0.550. The number of sulfonamides is 1. The zero-order valence-corrected chi connectivity index (χ0v) is 16.5. The third kappa shape index (κ3) is 3.67. The van der Waals surface area contributed by atoms with Gasteiger partial charge in [-0.25, -0.2) is 4.39 Å². The lowest BCUT2D eigenvalue weighted by molar-refractivity contribution is 0.107. The Morgan fingerprint density at radius 2 is 1.63 bits per heavy atom. The molecule has 1 saturated heterocycles. The van der Waals surface area contributed by atoms with Crippen molar-refractivity contribution in [2.75, 3.05) is 26.2 Å². The number of benzene rings is 1. The van der Waals surface area contributed by atoms with Crippen LogP contribution in [-0.2, 0) is 10.0 Å². The summed E-state index contributed by atoms with van der Waals surface area (Å²) in [4.78, 5) is 4.84. The minimum Gasteiger partial charge on any atom is -0.353 e. The van der Waals surface area contributed by atoms with Crippen LogP contribution < -0.4 is 0 Å². The van der Waals surface area contributed by atoms with E-state index >= 15 is 0 Å². The minimum atomic E-state index is -3.74. The third-order valence-electron chi connectivity index (χ3n) is 5.95. The summed E-state index contributed by atoms with van der Waals surface area (Å²) in [6.45, 7) is 5.28. The van der Waals surface area contributed by atoms with E-state index in [1.54, 1.807) is 6.92 Å². The zero-order chi connectivity index (χ0) is 19.0. The Labute approximate surface area is 160 Å². The summed E-state index contributed by atoms with van der Waals surface area (Å²) in [5.41, 5.74) is 1.15. The molecular weight excluding hydrogens is 365 g/mol. The van der Waals surface area contributed by atoms with Gasteiger partial charge >= 0.3 is 0 Å². The molecule has 2 aliphatic heterocycles. The van der Waals surface area contributed by atoms with Gasteiger partial charge in [-0.15, -0.1) is 4.40 Å². The molecule has 3 aliphatic rings. The van der Waals surface area contributed by atoms with Crippen LogP contribution >= 0.6 is 0 Å². The van der Waals surface area contributed by atoms with E-state index in [1.807, 2.05) is 0 Å². The van der Waals surface area contributed by atoms with Gasteiger partial charge in [-0.2, -0.15) is 8.42 Å². The molecule has 0 aromatic heterocycles. The molecule has 1 saturated carbocycles. The van der Waals surface area contributed by atoms with E-state index in [1.165, 1.54) is 56.4 Å². The van der Waals surface area contributed by atoms with E-state index in [0.717, 1.165) is 26.2 Å². The molecule has 1 aromatic rings. The van der Waals surface area contributed by atoms with Crippen LogP contribution in [0.15, 0.2) is 34.2 Å². The Balaban J connectivity index is 1.52. The fourth-order valence-electron chi connectivity index (χ4n) is 4.53. The van der Waals surface area contributed by atoms with E-state index in [4.69, 9.17) is 0 Å². The second-order valence-electron chi connectivity index (χ2n) is 7.67. The number of nitrogens with zero attached hydrogens (tertiary/aromatic N) is 3. The average Bonchev–Trinajstić information content (AvgIpc) is 2.92. The summed E-state index contributed by atoms with van der Waals surface area (Å²) in [7, 11) is -3.74. The monoisotopic (exact) mass is 391 g/mol. The molecular formula is C20H26FN3O2S. The van der Waals surface area contributed by atoms with E-state index in [-0.39, 0.29) is 10.7 Å². The molecule has 0 atom stereocenters. The van der Waals surface area contributed by atoms with Crippen LogP contribution in [0.1, 0.15) is 44.6 Å². The highest BCUT2D eigenvalue weighted by atomic mass is 32.2. The Bertz CT molecular complexity index is 863. The summed E-state index contributed by atoms with van der Waals surface area (Å²) in [5, 5.41) is 0. The maximum atomic E-state index is 13.2. The Morgan fingerprint density at radius 1 is 1.00 bits per heavy atom. The Morgan fingerprint density at radius 3 is 2.26 bits per heavy atom. The van der Waals surface area contributed by atoms with Crippen LogP contribution in [0.5, 0.6) is 0 Å². The first-order valence-electron chi connectivity index (χ1n) is 9.77. The molecule has 2 heterocycles. The van der Waals surface area contributed by atoms with Crippen molar-refractivity contribution >= 4 is 20.8 Å². The van der Waals surface area contributed by atoms with Crippen molar-refractivity contribution in [1.82, 2.24) is 9.80 Å². The van der Waals surface area contributed by atoms with Crippen molar-refractivity contribution in [3.63, 3.8) is 0 Å². The van der Waals surface area contributed by atoms with Crippen molar-refractivity contribution in [1.29, 1.82) is 0 Å². The van der Waals surface area contributed by atoms with Crippen molar-refractivity contribution in [3.05, 3.63) is 41.2 Å². The molecule has 1 aromatic carbocycles. The molecule has 0 bridgehead atoms. The standard InChI is InChI=1S/C20H26FN3O2S/c1-15-19(16-7-9-17(21)10-8-16)27(25,26)22-20(15)24-13-11-23(12-14-24)18-5-3-2-4-6-18/h7-10,18H,2-6,11-14H2,1H3. The molecule has 7 heteroatoms. The molecule has 0 N–H and O–H groups in total. The maximum absolute atomic E-state index is 13.2. The summed E-state index contributed by atoms with van der Waals surface area (Å²) in [6, 6.07) is 6.26. The molecule has 0 spiro atoms. The fourth-order valence-corrected chi connectivity index (χ4v) is 6.01. The molecule has 0 unspecified atom stereocenters. The van der Waals surface area contributed by atoms with Gasteiger partial charge in [-0.1, -0.05) is 31.4 Å². The molecule has 2 fully saturated rings. The molecule has 5 nitrogen and oxygen atoms in total. The normalized spacial score (nSPS) is 24.4. The lowest BCUT2D eigenvalue weighted by Gasteiger charge is -2.41. The van der Waals surface area contributed by atoms with Gasteiger partial charge in [-0.05, 0) is 37.5 Å². The maximum Gasteiger partial charge on any atom is 0.285 e. The van der Waals surface area contributed by atoms with Crippen LogP contribution in [0.3, 0.4) is 0 Å². The summed E-state index contributed by atoms with van der Waals surface area (Å²) >= 11 is 0. The van der Waals surface area contributed by atoms with Gasteiger partial charge in [0.2, 0.25) is 0 Å². The van der Waals surface area contributed by atoms with E-state index < -0.39 is 10.0 Å². The van der Waals surface area contributed by atoms with Crippen LogP contribution in [0.25, 0.3) is 4.91 Å². The van der Waals surface area contributed by atoms with E-state index in [2.05, 4.69) is 14.2 Å². The van der Waals surface area contributed by atoms with Crippen molar-refractivity contribution in [2.45, 2.75) is 45.1 Å². The second kappa shape index (κ2) is 7.36. The van der Waals surface area contributed by atoms with Crippen molar-refractivity contribution < 1.29 is 12.8 Å². The first-order chi connectivity index (χ1) is 13.0. The van der Waals surface area contributed by atoms with Crippen LogP contribution in [0.4, 0.5) is 4.39 Å². The highest BCUT2D eigenvalue weighted by Gasteiger charge is 2.35. The first-order valence-corrected chi connectivity index (χ1v) is 11.2.